The molecule has 0 aliphatic rings. The van der Waals surface area contributed by atoms with Crippen LogP contribution in [-0.4, -0.2) is 32.2 Å². The van der Waals surface area contributed by atoms with Crippen LogP contribution in [-0.2, 0) is 9.59 Å². The Morgan fingerprint density at radius 3 is 2.30 bits per heavy atom. The molecule has 0 aliphatic heterocycles. The van der Waals surface area contributed by atoms with Crippen LogP contribution in [0.1, 0.15) is 30.9 Å². The number of hydrogen-bond acceptors (Lipinski definition) is 5. The van der Waals surface area contributed by atoms with Crippen molar-refractivity contribution < 1.29 is 19.1 Å². The molecule has 0 radical (unpaired) electrons. The van der Waals surface area contributed by atoms with Crippen molar-refractivity contribution in [3.8, 4) is 11.5 Å². The van der Waals surface area contributed by atoms with Gasteiger partial charge in [0.15, 0.2) is 0 Å². The number of carbonyl (C=O) groups is 2. The predicted octanol–water partition coefficient (Wildman–Crippen LogP) is 2.92. The molecule has 7 heteroatoms. The smallest absolute Gasteiger partial charge is 0.329 e. The maximum absolute atomic E-state index is 11.9. The molecule has 2 aromatic carbocycles. The third-order valence-electron chi connectivity index (χ3n) is 3.85. The molecule has 0 atom stereocenters. The van der Waals surface area contributed by atoms with Gasteiger partial charge in [0.2, 0.25) is 0 Å². The topological polar surface area (TPSA) is 89.0 Å². The summed E-state index contributed by atoms with van der Waals surface area (Å²) in [5.74, 6) is -0.113. The van der Waals surface area contributed by atoms with Crippen LogP contribution in [0.25, 0.3) is 0 Å². The van der Waals surface area contributed by atoms with Crippen molar-refractivity contribution in [2.45, 2.75) is 19.8 Å². The molecule has 27 heavy (non-hydrogen) atoms. The minimum atomic E-state index is -0.869. The standard InChI is InChI=1S/C20H23N3O4/c1-13(2)14-5-8-16(9-6-14)22-19(24)20(25)23-21-12-15-7-10-17(26-3)11-18(15)27-4/h5-13H,1-4H3,(H,22,24)(H,23,25)/b21-12+. The summed E-state index contributed by atoms with van der Waals surface area (Å²) in [5, 5.41) is 6.33. The molecule has 0 spiro atoms. The summed E-state index contributed by atoms with van der Waals surface area (Å²) >= 11 is 0. The number of hydrazone groups is 1. The van der Waals surface area contributed by atoms with E-state index in [-0.39, 0.29) is 0 Å². The maximum atomic E-state index is 11.9. The van der Waals surface area contributed by atoms with Crippen LogP contribution in [0.5, 0.6) is 11.5 Å². The SMILES string of the molecule is COc1ccc(/C=N/NC(=O)C(=O)Nc2ccc(C(C)C)cc2)c(OC)c1. The van der Waals surface area contributed by atoms with Gasteiger partial charge in [0.05, 0.1) is 20.4 Å². The van der Waals surface area contributed by atoms with Gasteiger partial charge < -0.3 is 14.8 Å². The first kappa shape index (κ1) is 20.0. The Morgan fingerprint density at radius 1 is 1.00 bits per heavy atom. The van der Waals surface area contributed by atoms with E-state index < -0.39 is 11.8 Å². The first-order valence-electron chi connectivity index (χ1n) is 8.41. The van der Waals surface area contributed by atoms with Gasteiger partial charge in [0.1, 0.15) is 11.5 Å². The second-order valence-electron chi connectivity index (χ2n) is 6.04. The number of ether oxygens (including phenoxy) is 2. The Labute approximate surface area is 158 Å². The molecule has 0 bridgehead atoms. The van der Waals surface area contributed by atoms with Gasteiger partial charge in [-0.05, 0) is 35.7 Å². The first-order chi connectivity index (χ1) is 12.9. The van der Waals surface area contributed by atoms with E-state index in [0.717, 1.165) is 5.56 Å². The summed E-state index contributed by atoms with van der Waals surface area (Å²) in [6, 6.07) is 12.5. The Hall–Kier alpha value is -3.35. The highest BCUT2D eigenvalue weighted by atomic mass is 16.5. The van der Waals surface area contributed by atoms with Crippen molar-refractivity contribution in [3.05, 3.63) is 53.6 Å². The monoisotopic (exact) mass is 369 g/mol. The van der Waals surface area contributed by atoms with Gasteiger partial charge >= 0.3 is 11.8 Å². The number of nitrogens with one attached hydrogen (secondary N) is 2. The van der Waals surface area contributed by atoms with E-state index >= 15 is 0 Å². The van der Waals surface area contributed by atoms with E-state index in [0.29, 0.717) is 28.7 Å². The number of methoxy groups -OCH3 is 2. The Balaban J connectivity index is 1.94. The third kappa shape index (κ3) is 5.57. The number of carbonyl (C=O) groups excluding carboxylic acids is 2. The molecule has 0 heterocycles. The van der Waals surface area contributed by atoms with E-state index in [4.69, 9.17) is 9.47 Å². The molecular formula is C20H23N3O4. The lowest BCUT2D eigenvalue weighted by molar-refractivity contribution is -0.136. The fraction of sp³-hybridized carbons (Fsp3) is 0.250. The zero-order valence-electron chi connectivity index (χ0n) is 15.8. The highest BCUT2D eigenvalue weighted by Gasteiger charge is 2.13. The maximum Gasteiger partial charge on any atom is 0.329 e. The van der Waals surface area contributed by atoms with Crippen molar-refractivity contribution in [2.75, 3.05) is 19.5 Å². The molecule has 142 valence electrons. The van der Waals surface area contributed by atoms with Crippen LogP contribution in [0.3, 0.4) is 0 Å². The molecule has 7 nitrogen and oxygen atoms in total. The number of benzene rings is 2. The van der Waals surface area contributed by atoms with Gasteiger partial charge in [0, 0.05) is 17.3 Å². The van der Waals surface area contributed by atoms with Crippen LogP contribution < -0.4 is 20.2 Å². The van der Waals surface area contributed by atoms with Crippen molar-refractivity contribution in [3.63, 3.8) is 0 Å². The van der Waals surface area contributed by atoms with Crippen molar-refractivity contribution in [2.24, 2.45) is 5.10 Å². The molecule has 0 fully saturated rings. The summed E-state index contributed by atoms with van der Waals surface area (Å²) in [5.41, 5.74) is 4.51. The molecular weight excluding hydrogens is 346 g/mol. The Kier molecular flexibility index (Phi) is 6.93. The fourth-order valence-electron chi connectivity index (χ4n) is 2.28. The number of anilines is 1. The summed E-state index contributed by atoms with van der Waals surface area (Å²) in [6.07, 6.45) is 1.39. The van der Waals surface area contributed by atoms with Crippen LogP contribution in [0.15, 0.2) is 47.6 Å². The second kappa shape index (κ2) is 9.38. The number of nitrogens with zero attached hydrogens (tertiary/aromatic N) is 1. The lowest BCUT2D eigenvalue weighted by Gasteiger charge is -2.08. The minimum absolute atomic E-state index is 0.391. The molecule has 2 N–H and O–H groups in total. The summed E-state index contributed by atoms with van der Waals surface area (Å²) < 4.78 is 10.4. The summed E-state index contributed by atoms with van der Waals surface area (Å²) in [4.78, 5) is 23.8. The molecule has 0 saturated carbocycles. The fourth-order valence-corrected chi connectivity index (χ4v) is 2.28. The highest BCUT2D eigenvalue weighted by Crippen LogP contribution is 2.23. The van der Waals surface area contributed by atoms with Crippen molar-refractivity contribution in [1.29, 1.82) is 0 Å². The first-order valence-corrected chi connectivity index (χ1v) is 8.41. The number of amides is 2. The number of hydrogen-bond donors (Lipinski definition) is 2. The van der Waals surface area contributed by atoms with Gasteiger partial charge in [-0.3, -0.25) is 9.59 Å². The zero-order valence-corrected chi connectivity index (χ0v) is 15.8. The average molecular weight is 369 g/mol. The van der Waals surface area contributed by atoms with Crippen LogP contribution in [0.4, 0.5) is 5.69 Å². The molecule has 0 aromatic heterocycles. The average Bonchev–Trinajstić information content (AvgIpc) is 2.68. The molecule has 2 aromatic rings. The van der Waals surface area contributed by atoms with Crippen molar-refractivity contribution >= 4 is 23.7 Å². The van der Waals surface area contributed by atoms with E-state index in [1.807, 2.05) is 12.1 Å². The number of rotatable bonds is 6. The van der Waals surface area contributed by atoms with E-state index in [9.17, 15) is 9.59 Å². The molecule has 2 rings (SSSR count). The normalized spacial score (nSPS) is 10.7. The van der Waals surface area contributed by atoms with Gasteiger partial charge in [-0.25, -0.2) is 5.43 Å². The van der Waals surface area contributed by atoms with Crippen molar-refractivity contribution in [1.82, 2.24) is 5.43 Å². The van der Waals surface area contributed by atoms with E-state index in [1.165, 1.54) is 13.3 Å². The lowest BCUT2D eigenvalue weighted by atomic mass is 10.0. The second-order valence-corrected chi connectivity index (χ2v) is 6.04. The Bertz CT molecular complexity index is 830. The van der Waals surface area contributed by atoms with Gasteiger partial charge in [-0.15, -0.1) is 0 Å². The predicted molar refractivity (Wildman–Crippen MR) is 104 cm³/mol. The lowest BCUT2D eigenvalue weighted by Crippen LogP contribution is -2.32. The van der Waals surface area contributed by atoms with Gasteiger partial charge in [0.25, 0.3) is 0 Å². The molecule has 0 unspecified atom stereocenters. The molecule has 0 saturated heterocycles. The van der Waals surface area contributed by atoms with Crippen LogP contribution >= 0.6 is 0 Å². The minimum Gasteiger partial charge on any atom is -0.497 e. The molecule has 2 amide bonds. The summed E-state index contributed by atoms with van der Waals surface area (Å²) in [7, 11) is 3.07. The largest absolute Gasteiger partial charge is 0.497 e. The van der Waals surface area contributed by atoms with Gasteiger partial charge in [-0.1, -0.05) is 26.0 Å². The quantitative estimate of drug-likeness (QED) is 0.465. The van der Waals surface area contributed by atoms with Crippen LogP contribution in [0, 0.1) is 0 Å². The third-order valence-corrected chi connectivity index (χ3v) is 3.85. The molecule has 0 aliphatic carbocycles. The van der Waals surface area contributed by atoms with E-state index in [1.54, 1.807) is 37.4 Å². The van der Waals surface area contributed by atoms with Crippen LogP contribution in [0.2, 0.25) is 0 Å². The van der Waals surface area contributed by atoms with Gasteiger partial charge in [-0.2, -0.15) is 5.10 Å². The highest BCUT2D eigenvalue weighted by molar-refractivity contribution is 6.39. The van der Waals surface area contributed by atoms with E-state index in [2.05, 4.69) is 29.7 Å². The Morgan fingerprint density at radius 2 is 1.70 bits per heavy atom. The summed E-state index contributed by atoms with van der Waals surface area (Å²) in [6.45, 7) is 4.16. The zero-order chi connectivity index (χ0) is 19.8.